The molecule has 6 heteroatoms. The molecule has 5 aromatic rings. The normalized spacial score (nSPS) is 11.3. The molecule has 0 bridgehead atoms. The number of nitrogens with two attached hydrogens (primary N) is 1. The van der Waals surface area contributed by atoms with Crippen molar-refractivity contribution in [1.82, 2.24) is 15.0 Å². The van der Waals surface area contributed by atoms with E-state index >= 15 is 0 Å². The number of pyridine rings is 1. The van der Waals surface area contributed by atoms with E-state index in [9.17, 15) is 0 Å². The highest BCUT2D eigenvalue weighted by molar-refractivity contribution is 5.99. The molecule has 3 aromatic carbocycles. The van der Waals surface area contributed by atoms with Crippen LogP contribution in [0, 0.1) is 13.8 Å². The van der Waals surface area contributed by atoms with Gasteiger partial charge in [-0.05, 0) is 73.7 Å². The first-order valence-electron chi connectivity index (χ1n) is 11.8. The first kappa shape index (κ1) is 23.2. The third-order valence-corrected chi connectivity index (χ3v) is 6.11. The number of aryl methyl sites for hydroxylation is 1. The molecule has 6 nitrogen and oxygen atoms in total. The average molecular weight is 474 g/mol. The van der Waals surface area contributed by atoms with Crippen LogP contribution >= 0.6 is 0 Å². The number of ether oxygens (including phenoxy) is 1. The molecule has 2 aromatic heterocycles. The van der Waals surface area contributed by atoms with Gasteiger partial charge in [0.2, 0.25) is 0 Å². The second-order valence-electron chi connectivity index (χ2n) is 8.64. The van der Waals surface area contributed by atoms with Gasteiger partial charge in [-0.25, -0.2) is 15.0 Å². The van der Waals surface area contributed by atoms with Crippen LogP contribution in [0.15, 0.2) is 84.1 Å². The van der Waals surface area contributed by atoms with Gasteiger partial charge < -0.3 is 10.5 Å². The number of anilines is 1. The number of hydrogen-bond donors (Lipinski definition) is 1. The van der Waals surface area contributed by atoms with Crippen LogP contribution in [0.25, 0.3) is 22.2 Å². The van der Waals surface area contributed by atoms with Crippen LogP contribution in [-0.4, -0.2) is 21.2 Å². The van der Waals surface area contributed by atoms with Gasteiger partial charge in [-0.1, -0.05) is 48.5 Å². The Morgan fingerprint density at radius 1 is 0.944 bits per heavy atom. The summed E-state index contributed by atoms with van der Waals surface area (Å²) in [5, 5.41) is 0.778. The van der Waals surface area contributed by atoms with Gasteiger partial charge in [-0.3, -0.25) is 4.99 Å². The van der Waals surface area contributed by atoms with Crippen LogP contribution in [-0.2, 0) is 6.42 Å². The van der Waals surface area contributed by atoms with E-state index in [0.717, 1.165) is 56.9 Å². The van der Waals surface area contributed by atoms with E-state index in [1.54, 1.807) is 0 Å². The highest BCUT2D eigenvalue weighted by atomic mass is 16.5. The molecule has 0 radical (unpaired) electrons. The van der Waals surface area contributed by atoms with Crippen LogP contribution in [0.2, 0.25) is 0 Å². The molecule has 0 aliphatic heterocycles. The first-order valence-corrected chi connectivity index (χ1v) is 11.8. The van der Waals surface area contributed by atoms with Gasteiger partial charge in [0, 0.05) is 17.5 Å². The third-order valence-electron chi connectivity index (χ3n) is 6.11. The average Bonchev–Trinajstić information content (AvgIpc) is 2.88. The molecule has 0 unspecified atom stereocenters. The molecule has 178 valence electrons. The van der Waals surface area contributed by atoms with Crippen LogP contribution in [0.4, 0.5) is 11.5 Å². The van der Waals surface area contributed by atoms with Crippen molar-refractivity contribution in [2.75, 3.05) is 5.73 Å². The number of aromatic nitrogens is 3. The molecular weight excluding hydrogens is 446 g/mol. The number of benzene rings is 3. The minimum atomic E-state index is 0.432. The lowest BCUT2D eigenvalue weighted by molar-refractivity contribution is 0.479. The number of para-hydroxylation sites is 1. The van der Waals surface area contributed by atoms with Gasteiger partial charge in [0.1, 0.15) is 23.6 Å². The Kier molecular flexibility index (Phi) is 6.41. The molecule has 5 rings (SSSR count). The van der Waals surface area contributed by atoms with Gasteiger partial charge in [0.25, 0.3) is 0 Å². The van der Waals surface area contributed by atoms with Crippen LogP contribution in [0.3, 0.4) is 0 Å². The van der Waals surface area contributed by atoms with Crippen molar-refractivity contribution < 1.29 is 4.74 Å². The minimum Gasteiger partial charge on any atom is -0.457 e. The summed E-state index contributed by atoms with van der Waals surface area (Å²) in [6, 6.07) is 24.4. The van der Waals surface area contributed by atoms with Crippen molar-refractivity contribution in [1.29, 1.82) is 0 Å². The topological polar surface area (TPSA) is 86.3 Å². The third kappa shape index (κ3) is 4.66. The zero-order valence-corrected chi connectivity index (χ0v) is 20.6. The highest BCUT2D eigenvalue weighted by Crippen LogP contribution is 2.36. The van der Waals surface area contributed by atoms with E-state index in [1.165, 1.54) is 11.9 Å². The van der Waals surface area contributed by atoms with Gasteiger partial charge in [0.15, 0.2) is 5.65 Å². The number of aliphatic imine (C=N–C) groups is 1. The lowest BCUT2D eigenvalue weighted by atomic mass is 9.96. The van der Waals surface area contributed by atoms with Crippen molar-refractivity contribution >= 4 is 28.8 Å². The van der Waals surface area contributed by atoms with Crippen molar-refractivity contribution in [2.45, 2.75) is 27.2 Å². The second-order valence-corrected chi connectivity index (χ2v) is 8.64. The fraction of sp³-hybridized carbons (Fsp3) is 0.133. The minimum absolute atomic E-state index is 0.432. The number of nitrogen functional groups attached to an aromatic ring is 1. The summed E-state index contributed by atoms with van der Waals surface area (Å²) in [6.07, 6.45) is 4.02. The smallest absolute Gasteiger partial charge is 0.165 e. The molecule has 0 saturated heterocycles. The van der Waals surface area contributed by atoms with Gasteiger partial charge in [-0.2, -0.15) is 0 Å². The SMILES string of the molecule is CC=Nc1c(Cc2ccc(-c3cc(C)nc4ncnc(N)c34)cc2)ccc(Oc2ccccc2)c1C. The van der Waals surface area contributed by atoms with Crippen LogP contribution in [0.5, 0.6) is 11.5 Å². The zero-order chi connectivity index (χ0) is 25.1. The molecule has 2 heterocycles. The Bertz CT molecular complexity index is 1560. The quantitative estimate of drug-likeness (QED) is 0.268. The Morgan fingerprint density at radius 2 is 1.72 bits per heavy atom. The standard InChI is InChI=1S/C30H27N5O/c1-4-32-28-20(3)26(36-24-8-6-5-7-9-24)15-14-23(28)17-21-10-12-22(13-11-21)25-16-19(2)35-30-27(25)29(31)33-18-34-30/h4-16,18H,17H2,1-3H3,(H2,31,33,34,35). The Balaban J connectivity index is 1.46. The van der Waals surface area contributed by atoms with Crippen LogP contribution < -0.4 is 10.5 Å². The maximum absolute atomic E-state index is 6.18. The molecular formula is C30H27N5O. The van der Waals surface area contributed by atoms with Crippen molar-refractivity contribution in [3.8, 4) is 22.6 Å². The van der Waals surface area contributed by atoms with E-state index < -0.39 is 0 Å². The molecule has 36 heavy (non-hydrogen) atoms. The van der Waals surface area contributed by atoms with Gasteiger partial charge in [-0.15, -0.1) is 0 Å². The summed E-state index contributed by atoms with van der Waals surface area (Å²) in [5.74, 6) is 2.04. The number of fused-ring (bicyclic) bond motifs is 1. The summed E-state index contributed by atoms with van der Waals surface area (Å²) in [5.41, 5.74) is 14.0. The molecule has 0 atom stereocenters. The number of rotatable bonds is 6. The first-order chi connectivity index (χ1) is 17.5. The number of hydrogen-bond acceptors (Lipinski definition) is 6. The van der Waals surface area contributed by atoms with Crippen molar-refractivity contribution in [3.05, 3.63) is 102 Å². The number of nitrogens with zero attached hydrogens (tertiary/aromatic N) is 4. The fourth-order valence-corrected chi connectivity index (χ4v) is 4.38. The summed E-state index contributed by atoms with van der Waals surface area (Å²) in [7, 11) is 0. The summed E-state index contributed by atoms with van der Waals surface area (Å²) < 4.78 is 6.12. The maximum Gasteiger partial charge on any atom is 0.165 e. The second kappa shape index (κ2) is 9.96. The lowest BCUT2D eigenvalue weighted by Crippen LogP contribution is -1.98. The molecule has 0 amide bonds. The monoisotopic (exact) mass is 473 g/mol. The van der Waals surface area contributed by atoms with E-state index in [4.69, 9.17) is 10.5 Å². The molecule has 2 N–H and O–H groups in total. The maximum atomic E-state index is 6.18. The van der Waals surface area contributed by atoms with Crippen LogP contribution in [0.1, 0.15) is 29.3 Å². The van der Waals surface area contributed by atoms with E-state index in [2.05, 4.69) is 57.2 Å². The summed E-state index contributed by atoms with van der Waals surface area (Å²) in [6.45, 7) is 5.94. The Labute approximate surface area is 210 Å². The summed E-state index contributed by atoms with van der Waals surface area (Å²) in [4.78, 5) is 17.7. The van der Waals surface area contributed by atoms with Crippen molar-refractivity contribution in [3.63, 3.8) is 0 Å². The van der Waals surface area contributed by atoms with E-state index in [1.807, 2.05) is 62.5 Å². The van der Waals surface area contributed by atoms with E-state index in [-0.39, 0.29) is 0 Å². The van der Waals surface area contributed by atoms with E-state index in [0.29, 0.717) is 11.5 Å². The predicted octanol–water partition coefficient (Wildman–Crippen LogP) is 7.00. The fourth-order valence-electron chi connectivity index (χ4n) is 4.38. The lowest BCUT2D eigenvalue weighted by Gasteiger charge is -2.15. The Hall–Kier alpha value is -4.58. The Morgan fingerprint density at radius 3 is 2.47 bits per heavy atom. The van der Waals surface area contributed by atoms with Crippen molar-refractivity contribution in [2.24, 2.45) is 4.99 Å². The largest absolute Gasteiger partial charge is 0.457 e. The highest BCUT2D eigenvalue weighted by Gasteiger charge is 2.14. The molecule has 0 aliphatic carbocycles. The summed E-state index contributed by atoms with van der Waals surface area (Å²) >= 11 is 0. The molecule has 0 aliphatic rings. The van der Waals surface area contributed by atoms with Gasteiger partial charge >= 0.3 is 0 Å². The molecule has 0 saturated carbocycles. The zero-order valence-electron chi connectivity index (χ0n) is 20.6. The molecule has 0 fully saturated rings. The molecule has 0 spiro atoms. The van der Waals surface area contributed by atoms with Gasteiger partial charge in [0.05, 0.1) is 11.1 Å². The predicted molar refractivity (Wildman–Crippen MR) is 146 cm³/mol.